The Morgan fingerprint density at radius 2 is 2.15 bits per heavy atom. The molecule has 1 aromatic carbocycles. The zero-order valence-electron chi connectivity index (χ0n) is 10.8. The molecule has 2 heterocycles. The molecule has 20 heavy (non-hydrogen) atoms. The standard InChI is InChI=1S/C16H14ClNOS/c17-10-3-4-12-11(8-10)15(13(9-19)18-12)16(5-6-16)14-2-1-7-20-14/h1-4,7-8,18-19H,5-6,9H2. The van der Waals surface area contributed by atoms with Gasteiger partial charge < -0.3 is 10.1 Å². The summed E-state index contributed by atoms with van der Waals surface area (Å²) in [4.78, 5) is 4.73. The minimum atomic E-state index is 0.0365. The van der Waals surface area contributed by atoms with Crippen molar-refractivity contribution in [2.45, 2.75) is 24.9 Å². The molecule has 0 aliphatic heterocycles. The van der Waals surface area contributed by atoms with Gasteiger partial charge in [0.25, 0.3) is 0 Å². The molecule has 0 bridgehead atoms. The SMILES string of the molecule is OCc1[nH]c2ccc(Cl)cc2c1C1(c2cccs2)CC1. The van der Waals surface area contributed by atoms with Crippen molar-refractivity contribution in [1.29, 1.82) is 0 Å². The number of fused-ring (bicyclic) bond motifs is 1. The van der Waals surface area contributed by atoms with Crippen LogP contribution in [0.1, 0.15) is 29.0 Å². The van der Waals surface area contributed by atoms with E-state index in [0.29, 0.717) is 0 Å². The molecule has 102 valence electrons. The Bertz CT molecular complexity index is 771. The molecular weight excluding hydrogens is 290 g/mol. The normalized spacial score (nSPS) is 16.7. The number of aromatic amines is 1. The minimum Gasteiger partial charge on any atom is -0.390 e. The van der Waals surface area contributed by atoms with E-state index in [4.69, 9.17) is 11.6 Å². The first-order chi connectivity index (χ1) is 9.74. The zero-order chi connectivity index (χ0) is 13.7. The van der Waals surface area contributed by atoms with Gasteiger partial charge in [-0.1, -0.05) is 17.7 Å². The number of thiophene rings is 1. The van der Waals surface area contributed by atoms with Crippen LogP contribution in [0.25, 0.3) is 10.9 Å². The first-order valence-electron chi connectivity index (χ1n) is 6.70. The summed E-state index contributed by atoms with van der Waals surface area (Å²) < 4.78 is 0. The van der Waals surface area contributed by atoms with Crippen LogP contribution in [0.4, 0.5) is 0 Å². The molecule has 4 rings (SSSR count). The lowest BCUT2D eigenvalue weighted by molar-refractivity contribution is 0.276. The fourth-order valence-corrected chi connectivity index (χ4v) is 4.35. The number of aromatic nitrogens is 1. The molecular formula is C16H14ClNOS. The molecule has 2 nitrogen and oxygen atoms in total. The highest BCUT2D eigenvalue weighted by Gasteiger charge is 2.49. The maximum Gasteiger partial charge on any atom is 0.0834 e. The van der Waals surface area contributed by atoms with E-state index in [2.05, 4.69) is 22.5 Å². The summed E-state index contributed by atoms with van der Waals surface area (Å²) in [6.07, 6.45) is 2.28. The van der Waals surface area contributed by atoms with E-state index in [1.165, 1.54) is 10.4 Å². The van der Waals surface area contributed by atoms with Crippen molar-refractivity contribution in [3.63, 3.8) is 0 Å². The predicted molar refractivity (Wildman–Crippen MR) is 83.6 cm³/mol. The van der Waals surface area contributed by atoms with Gasteiger partial charge in [-0.25, -0.2) is 0 Å². The van der Waals surface area contributed by atoms with Crippen LogP contribution in [0.5, 0.6) is 0 Å². The number of rotatable bonds is 3. The molecule has 2 aromatic heterocycles. The lowest BCUT2D eigenvalue weighted by Gasteiger charge is -2.15. The van der Waals surface area contributed by atoms with Crippen LogP contribution >= 0.6 is 22.9 Å². The second-order valence-electron chi connectivity index (χ2n) is 5.39. The van der Waals surface area contributed by atoms with Gasteiger partial charge in [0.1, 0.15) is 0 Å². The largest absolute Gasteiger partial charge is 0.390 e. The molecule has 4 heteroatoms. The highest BCUT2D eigenvalue weighted by Crippen LogP contribution is 2.57. The van der Waals surface area contributed by atoms with Crippen molar-refractivity contribution in [2.75, 3.05) is 0 Å². The number of aliphatic hydroxyl groups is 1. The summed E-state index contributed by atoms with van der Waals surface area (Å²) in [5, 5.41) is 13.7. The lowest BCUT2D eigenvalue weighted by Crippen LogP contribution is -2.09. The predicted octanol–water partition coefficient (Wildman–Crippen LogP) is 4.46. The van der Waals surface area contributed by atoms with Crippen LogP contribution in [0, 0.1) is 0 Å². The van der Waals surface area contributed by atoms with Crippen LogP contribution in [0.2, 0.25) is 5.02 Å². The molecule has 0 radical (unpaired) electrons. The summed E-state index contributed by atoms with van der Waals surface area (Å²) in [6, 6.07) is 10.2. The van der Waals surface area contributed by atoms with Crippen molar-refractivity contribution >= 4 is 33.8 Å². The second kappa shape index (κ2) is 4.35. The third-order valence-corrected chi connectivity index (χ3v) is 5.53. The van der Waals surface area contributed by atoms with Crippen molar-refractivity contribution in [1.82, 2.24) is 4.98 Å². The van der Waals surface area contributed by atoms with Gasteiger partial charge in [0.15, 0.2) is 0 Å². The van der Waals surface area contributed by atoms with E-state index >= 15 is 0 Å². The first-order valence-corrected chi connectivity index (χ1v) is 7.96. The Kier molecular flexibility index (Phi) is 2.71. The van der Waals surface area contributed by atoms with Gasteiger partial charge in [-0.05, 0) is 48.1 Å². The molecule has 1 fully saturated rings. The smallest absolute Gasteiger partial charge is 0.0834 e. The number of hydrogen-bond acceptors (Lipinski definition) is 2. The second-order valence-corrected chi connectivity index (χ2v) is 6.77. The first kappa shape index (κ1) is 12.5. The number of hydrogen-bond donors (Lipinski definition) is 2. The Hall–Kier alpha value is -1.29. The Balaban J connectivity index is 2.01. The fraction of sp³-hybridized carbons (Fsp3) is 0.250. The van der Waals surface area contributed by atoms with E-state index in [1.54, 1.807) is 11.3 Å². The molecule has 1 aliphatic carbocycles. The quantitative estimate of drug-likeness (QED) is 0.736. The van der Waals surface area contributed by atoms with Crippen LogP contribution in [0.3, 0.4) is 0 Å². The molecule has 0 atom stereocenters. The van der Waals surface area contributed by atoms with Crippen molar-refractivity contribution < 1.29 is 5.11 Å². The highest BCUT2D eigenvalue weighted by molar-refractivity contribution is 7.10. The fourth-order valence-electron chi connectivity index (χ4n) is 3.18. The van der Waals surface area contributed by atoms with Crippen LogP contribution in [0.15, 0.2) is 35.7 Å². The number of nitrogens with one attached hydrogen (secondary N) is 1. The molecule has 0 saturated heterocycles. The van der Waals surface area contributed by atoms with Crippen molar-refractivity contribution in [3.05, 3.63) is 56.9 Å². The molecule has 1 saturated carbocycles. The van der Waals surface area contributed by atoms with Crippen LogP contribution in [-0.2, 0) is 12.0 Å². The number of H-pyrrole nitrogens is 1. The lowest BCUT2D eigenvalue weighted by atomic mass is 9.91. The maximum atomic E-state index is 9.72. The molecule has 0 spiro atoms. The van der Waals surface area contributed by atoms with Gasteiger partial charge in [-0.2, -0.15) is 0 Å². The van der Waals surface area contributed by atoms with Gasteiger partial charge in [-0.3, -0.25) is 0 Å². The third kappa shape index (κ3) is 1.67. The Labute approximate surface area is 126 Å². The summed E-state index contributed by atoms with van der Waals surface area (Å²) in [5.41, 5.74) is 3.29. The van der Waals surface area contributed by atoms with Gasteiger partial charge in [0.2, 0.25) is 0 Å². The van der Waals surface area contributed by atoms with Crippen LogP contribution < -0.4 is 0 Å². The van der Waals surface area contributed by atoms with Crippen LogP contribution in [-0.4, -0.2) is 10.1 Å². The average Bonchev–Trinajstić information content (AvgIpc) is 2.92. The summed E-state index contributed by atoms with van der Waals surface area (Å²) in [5.74, 6) is 0. The van der Waals surface area contributed by atoms with E-state index in [1.807, 2.05) is 18.2 Å². The van der Waals surface area contributed by atoms with E-state index in [9.17, 15) is 5.11 Å². The Morgan fingerprint density at radius 3 is 2.80 bits per heavy atom. The number of benzene rings is 1. The summed E-state index contributed by atoms with van der Waals surface area (Å²) in [6.45, 7) is 0.0365. The van der Waals surface area contributed by atoms with E-state index < -0.39 is 0 Å². The van der Waals surface area contributed by atoms with Gasteiger partial charge in [0, 0.05) is 31.9 Å². The maximum absolute atomic E-state index is 9.72. The zero-order valence-corrected chi connectivity index (χ0v) is 12.4. The van der Waals surface area contributed by atoms with Gasteiger partial charge >= 0.3 is 0 Å². The number of aliphatic hydroxyl groups excluding tert-OH is 1. The molecule has 3 aromatic rings. The highest BCUT2D eigenvalue weighted by atomic mass is 35.5. The molecule has 0 amide bonds. The monoisotopic (exact) mass is 303 g/mol. The van der Waals surface area contributed by atoms with Gasteiger partial charge in [0.05, 0.1) is 6.61 Å². The topological polar surface area (TPSA) is 36.0 Å². The van der Waals surface area contributed by atoms with E-state index in [-0.39, 0.29) is 12.0 Å². The Morgan fingerprint density at radius 1 is 1.30 bits per heavy atom. The van der Waals surface area contributed by atoms with Gasteiger partial charge in [-0.15, -0.1) is 11.3 Å². The van der Waals surface area contributed by atoms with Crippen molar-refractivity contribution in [2.24, 2.45) is 0 Å². The minimum absolute atomic E-state index is 0.0365. The average molecular weight is 304 g/mol. The molecule has 0 unspecified atom stereocenters. The molecule has 2 N–H and O–H groups in total. The van der Waals surface area contributed by atoms with E-state index in [0.717, 1.165) is 34.5 Å². The number of halogens is 1. The molecule has 1 aliphatic rings. The third-order valence-electron chi connectivity index (χ3n) is 4.22. The summed E-state index contributed by atoms with van der Waals surface area (Å²) in [7, 11) is 0. The summed E-state index contributed by atoms with van der Waals surface area (Å²) >= 11 is 7.96. The van der Waals surface area contributed by atoms with Crippen molar-refractivity contribution in [3.8, 4) is 0 Å².